The number of rotatable bonds is 0. The van der Waals surface area contributed by atoms with Crippen molar-refractivity contribution >= 4 is 51.7 Å². The van der Waals surface area contributed by atoms with Crippen LogP contribution in [0, 0.1) is 0 Å². The van der Waals surface area contributed by atoms with Gasteiger partial charge in [0, 0.05) is 0 Å². The van der Waals surface area contributed by atoms with Crippen molar-refractivity contribution in [3.63, 3.8) is 0 Å². The van der Waals surface area contributed by atoms with Crippen LogP contribution in [0.15, 0.2) is 0 Å². The van der Waals surface area contributed by atoms with Gasteiger partial charge in [-0.1, -0.05) is 0 Å². The molecule has 0 amide bonds. The van der Waals surface area contributed by atoms with Crippen LogP contribution < -0.4 is 0 Å². The average molecular weight is 222 g/mol. The SMILES string of the molecule is F.O=C(O)O.O=P(O)(O)O.[CaH2]. The van der Waals surface area contributed by atoms with E-state index >= 15 is 0 Å². The van der Waals surface area contributed by atoms with Crippen LogP contribution in [0.3, 0.4) is 0 Å². The summed E-state index contributed by atoms with van der Waals surface area (Å²) in [6, 6.07) is 0. The number of phosphoric acid groups is 1. The first-order chi connectivity index (χ1) is 3.73. The van der Waals surface area contributed by atoms with Crippen molar-refractivity contribution in [2.24, 2.45) is 0 Å². The minimum atomic E-state index is -4.64. The number of hydrogen-bond donors (Lipinski definition) is 5. The standard InChI is InChI=1S/CH2O3.Ca.FH.H3O4P.2H/c2-1(3)4;;;1-5(2,3)4;;/h(H2,2,3,4);;1H;(H3,1,2,3,4);;. The minimum absolute atomic E-state index is 0. The molecule has 11 heavy (non-hydrogen) atoms. The molecule has 7 nitrogen and oxygen atoms in total. The van der Waals surface area contributed by atoms with Crippen molar-refractivity contribution in [3.05, 3.63) is 0 Å². The quantitative estimate of drug-likeness (QED) is 0.249. The van der Waals surface area contributed by atoms with Crippen LogP contribution in [0.1, 0.15) is 0 Å². The predicted molar refractivity (Wildman–Crippen MR) is 36.0 cm³/mol. The molecule has 10 heteroatoms. The van der Waals surface area contributed by atoms with E-state index < -0.39 is 14.0 Å². The van der Waals surface area contributed by atoms with E-state index in [-0.39, 0.29) is 42.4 Å². The fourth-order valence-electron chi connectivity index (χ4n) is 0. The van der Waals surface area contributed by atoms with Crippen LogP contribution in [0.25, 0.3) is 0 Å². The summed E-state index contributed by atoms with van der Waals surface area (Å²) in [7, 11) is -4.64. The Morgan fingerprint density at radius 1 is 1.09 bits per heavy atom. The molecule has 0 spiro atoms. The van der Waals surface area contributed by atoms with E-state index in [0.29, 0.717) is 0 Å². The molecule has 0 aliphatic rings. The molecule has 0 bridgehead atoms. The van der Waals surface area contributed by atoms with Crippen molar-refractivity contribution in [1.82, 2.24) is 0 Å². The fourth-order valence-corrected chi connectivity index (χ4v) is 0. The molecule has 0 saturated carbocycles. The van der Waals surface area contributed by atoms with Crippen molar-refractivity contribution in [2.75, 3.05) is 0 Å². The van der Waals surface area contributed by atoms with Gasteiger partial charge in [0.15, 0.2) is 0 Å². The Hall–Kier alpha value is 0.570. The first-order valence-corrected chi connectivity index (χ1v) is 3.00. The van der Waals surface area contributed by atoms with Gasteiger partial charge in [-0.3, -0.25) is 4.70 Å². The number of carbonyl (C=O) groups is 1. The number of halogens is 1. The summed E-state index contributed by atoms with van der Waals surface area (Å²) in [6.07, 6.45) is -1.83. The molecule has 0 aromatic rings. The molecule has 0 aromatic heterocycles. The molecule has 0 aliphatic heterocycles. The maximum absolute atomic E-state index is 8.88. The molecule has 0 unspecified atom stereocenters. The fraction of sp³-hybridized carbons (Fsp3) is 0. The first-order valence-electron chi connectivity index (χ1n) is 1.43. The Morgan fingerprint density at radius 3 is 1.09 bits per heavy atom. The summed E-state index contributed by atoms with van der Waals surface area (Å²) in [6.45, 7) is 0. The maximum atomic E-state index is 8.88. The number of carboxylic acid groups (broad SMARTS) is 2. The normalized spacial score (nSPS) is 7.55. The van der Waals surface area contributed by atoms with E-state index in [2.05, 4.69) is 0 Å². The molecule has 0 aromatic carbocycles. The van der Waals surface area contributed by atoms with Gasteiger partial charge in [0.25, 0.3) is 0 Å². The van der Waals surface area contributed by atoms with E-state index in [1.807, 2.05) is 0 Å². The van der Waals surface area contributed by atoms with E-state index in [0.717, 1.165) is 0 Å². The molecule has 0 atom stereocenters. The number of hydrogen-bond acceptors (Lipinski definition) is 2. The zero-order valence-electron chi connectivity index (χ0n) is 4.41. The van der Waals surface area contributed by atoms with Gasteiger partial charge in [-0.15, -0.1) is 0 Å². The van der Waals surface area contributed by atoms with Gasteiger partial charge in [0.1, 0.15) is 0 Å². The Bertz CT molecular complexity index is 118. The molecule has 0 aliphatic carbocycles. The predicted octanol–water partition coefficient (Wildman–Crippen LogP) is -1.47. The molecule has 68 valence electrons. The summed E-state index contributed by atoms with van der Waals surface area (Å²) in [5.74, 6) is 0. The Morgan fingerprint density at radius 2 is 1.09 bits per heavy atom. The van der Waals surface area contributed by atoms with Crippen molar-refractivity contribution in [2.45, 2.75) is 0 Å². The van der Waals surface area contributed by atoms with Gasteiger partial charge >= 0.3 is 51.7 Å². The van der Waals surface area contributed by atoms with Gasteiger partial charge in [0.05, 0.1) is 0 Å². The second-order valence-corrected chi connectivity index (χ2v) is 1.82. The van der Waals surface area contributed by atoms with Crippen LogP contribution in [0.2, 0.25) is 0 Å². The van der Waals surface area contributed by atoms with Gasteiger partial charge in [-0.25, -0.2) is 9.36 Å². The van der Waals surface area contributed by atoms with E-state index in [1.165, 1.54) is 0 Å². The molecule has 5 N–H and O–H groups in total. The van der Waals surface area contributed by atoms with E-state index in [4.69, 9.17) is 34.3 Å². The molecular weight excluding hydrogens is 214 g/mol. The molecular formula is CH8CaFO7P. The summed E-state index contributed by atoms with van der Waals surface area (Å²) >= 11 is 0. The first kappa shape index (κ1) is 22.6. The summed E-state index contributed by atoms with van der Waals surface area (Å²) < 4.78 is 8.88. The van der Waals surface area contributed by atoms with Crippen molar-refractivity contribution in [3.8, 4) is 0 Å². The molecule has 0 saturated heterocycles. The van der Waals surface area contributed by atoms with Crippen LogP contribution in [-0.4, -0.2) is 68.8 Å². The Kier molecular flexibility index (Phi) is 21.7. The summed E-state index contributed by atoms with van der Waals surface area (Å²) in [5, 5.41) is 13.9. The Balaban J connectivity index is -0.0000000383. The van der Waals surface area contributed by atoms with Gasteiger partial charge in [-0.05, 0) is 0 Å². The Labute approximate surface area is 90.3 Å². The van der Waals surface area contributed by atoms with Crippen molar-refractivity contribution in [1.29, 1.82) is 0 Å². The van der Waals surface area contributed by atoms with Crippen LogP contribution in [-0.2, 0) is 4.57 Å². The topological polar surface area (TPSA) is 135 Å². The van der Waals surface area contributed by atoms with Gasteiger partial charge in [0.2, 0.25) is 0 Å². The third-order valence-electron chi connectivity index (χ3n) is 0. The third-order valence-corrected chi connectivity index (χ3v) is 0. The zero-order valence-corrected chi connectivity index (χ0v) is 5.30. The van der Waals surface area contributed by atoms with Crippen molar-refractivity contribution < 1.29 is 39.0 Å². The third kappa shape index (κ3) is 2390. The van der Waals surface area contributed by atoms with Gasteiger partial charge in [-0.2, -0.15) is 0 Å². The molecule has 0 fully saturated rings. The average Bonchev–Trinajstić information content (AvgIpc) is 1.19. The van der Waals surface area contributed by atoms with Crippen LogP contribution in [0.5, 0.6) is 0 Å². The second-order valence-electron chi connectivity index (χ2n) is 0.796. The molecule has 0 rings (SSSR count). The molecule has 0 heterocycles. The van der Waals surface area contributed by atoms with Crippen LogP contribution in [0.4, 0.5) is 9.50 Å². The van der Waals surface area contributed by atoms with E-state index in [9.17, 15) is 0 Å². The summed E-state index contributed by atoms with van der Waals surface area (Å²) in [5.41, 5.74) is 0. The molecule has 0 radical (unpaired) electrons. The second kappa shape index (κ2) is 10.6. The summed E-state index contributed by atoms with van der Waals surface area (Å²) in [4.78, 5) is 30.1. The zero-order chi connectivity index (χ0) is 8.08. The van der Waals surface area contributed by atoms with E-state index in [1.54, 1.807) is 0 Å². The van der Waals surface area contributed by atoms with Gasteiger partial charge < -0.3 is 24.9 Å². The van der Waals surface area contributed by atoms with Crippen LogP contribution >= 0.6 is 7.82 Å². The monoisotopic (exact) mass is 222 g/mol.